The van der Waals surface area contributed by atoms with Crippen molar-refractivity contribution in [2.75, 3.05) is 17.2 Å². The van der Waals surface area contributed by atoms with Gasteiger partial charge in [-0.1, -0.05) is 27.5 Å². The molecule has 0 saturated heterocycles. The van der Waals surface area contributed by atoms with Crippen molar-refractivity contribution in [1.82, 2.24) is 0 Å². The zero-order valence-electron chi connectivity index (χ0n) is 14.6. The van der Waals surface area contributed by atoms with Gasteiger partial charge in [-0.3, -0.25) is 14.4 Å². The maximum Gasteiger partial charge on any atom is 0.306 e. The maximum absolute atomic E-state index is 11.8. The van der Waals surface area contributed by atoms with Crippen LogP contribution in [0.15, 0.2) is 46.9 Å². The Hall–Kier alpha value is -2.38. The van der Waals surface area contributed by atoms with E-state index in [1.54, 1.807) is 36.4 Å². The zero-order chi connectivity index (χ0) is 19.8. The van der Waals surface area contributed by atoms with Gasteiger partial charge in [0.25, 0.3) is 5.91 Å². The first-order chi connectivity index (χ1) is 12.8. The van der Waals surface area contributed by atoms with Gasteiger partial charge in [0.2, 0.25) is 5.91 Å². The van der Waals surface area contributed by atoms with E-state index in [0.29, 0.717) is 16.4 Å². The largest absolute Gasteiger partial charge is 0.456 e. The number of anilines is 2. The highest BCUT2D eigenvalue weighted by molar-refractivity contribution is 9.10. The van der Waals surface area contributed by atoms with Crippen LogP contribution in [0, 0.1) is 6.92 Å². The molecule has 6 nitrogen and oxygen atoms in total. The summed E-state index contributed by atoms with van der Waals surface area (Å²) in [5.41, 5.74) is 2.16. The van der Waals surface area contributed by atoms with Crippen molar-refractivity contribution in [3.05, 3.63) is 57.5 Å². The molecule has 2 N–H and O–H groups in total. The molecule has 0 aliphatic heterocycles. The first-order valence-electron chi connectivity index (χ1n) is 8.10. The molecule has 0 atom stereocenters. The van der Waals surface area contributed by atoms with Crippen LogP contribution in [0.5, 0.6) is 0 Å². The van der Waals surface area contributed by atoms with E-state index in [1.807, 2.05) is 13.0 Å². The Morgan fingerprint density at radius 2 is 1.59 bits per heavy atom. The third-order valence-corrected chi connectivity index (χ3v) is 4.63. The average molecular weight is 454 g/mol. The molecule has 0 aliphatic rings. The smallest absolute Gasteiger partial charge is 0.306 e. The number of rotatable bonds is 7. The van der Waals surface area contributed by atoms with Gasteiger partial charge in [-0.2, -0.15) is 0 Å². The average Bonchev–Trinajstić information content (AvgIpc) is 2.63. The highest BCUT2D eigenvalue weighted by Gasteiger charge is 2.11. The molecule has 0 saturated carbocycles. The molecule has 8 heteroatoms. The van der Waals surface area contributed by atoms with Crippen LogP contribution in [0.3, 0.4) is 0 Å². The van der Waals surface area contributed by atoms with Gasteiger partial charge in [0, 0.05) is 27.3 Å². The Bertz CT molecular complexity index is 840. The van der Waals surface area contributed by atoms with E-state index in [0.717, 1.165) is 10.0 Å². The standard InChI is InChI=1S/C19H18BrClN2O4/c1-12-10-15(6-7-16(12)20)23-18(25)11-27-19(26)9-8-17(24)22-14-4-2-13(21)3-5-14/h2-7,10H,8-9,11H2,1H3,(H,22,24)(H,23,25). The van der Waals surface area contributed by atoms with Crippen LogP contribution < -0.4 is 10.6 Å². The van der Waals surface area contributed by atoms with Crippen molar-refractivity contribution < 1.29 is 19.1 Å². The minimum Gasteiger partial charge on any atom is -0.456 e. The van der Waals surface area contributed by atoms with Crippen molar-refractivity contribution >= 4 is 56.7 Å². The van der Waals surface area contributed by atoms with Crippen molar-refractivity contribution in [1.29, 1.82) is 0 Å². The number of amides is 2. The molecule has 2 aromatic rings. The fraction of sp³-hybridized carbons (Fsp3) is 0.211. The van der Waals surface area contributed by atoms with Crippen molar-refractivity contribution in [3.8, 4) is 0 Å². The summed E-state index contributed by atoms with van der Waals surface area (Å²) in [5.74, 6) is -1.40. The van der Waals surface area contributed by atoms with Gasteiger partial charge >= 0.3 is 5.97 Å². The molecule has 0 heterocycles. The molecule has 0 radical (unpaired) electrons. The first kappa shape index (κ1) is 20.9. The Morgan fingerprint density at radius 3 is 2.26 bits per heavy atom. The lowest BCUT2D eigenvalue weighted by Gasteiger charge is -2.08. The Kier molecular flexibility index (Phi) is 7.82. The number of halogens is 2. The molecule has 27 heavy (non-hydrogen) atoms. The lowest BCUT2D eigenvalue weighted by Crippen LogP contribution is -2.21. The van der Waals surface area contributed by atoms with E-state index < -0.39 is 18.5 Å². The third-order valence-electron chi connectivity index (χ3n) is 3.49. The molecular formula is C19H18BrClN2O4. The SMILES string of the molecule is Cc1cc(NC(=O)COC(=O)CCC(=O)Nc2ccc(Cl)cc2)ccc1Br. The number of ether oxygens (including phenoxy) is 1. The van der Waals surface area contributed by atoms with Gasteiger partial charge in [0.05, 0.1) is 6.42 Å². The monoisotopic (exact) mass is 452 g/mol. The summed E-state index contributed by atoms with van der Waals surface area (Å²) < 4.78 is 5.82. The minimum atomic E-state index is -0.622. The van der Waals surface area contributed by atoms with Gasteiger partial charge in [-0.05, 0) is 55.0 Å². The molecule has 0 spiro atoms. The summed E-state index contributed by atoms with van der Waals surface area (Å²) in [5, 5.41) is 5.85. The van der Waals surface area contributed by atoms with Gasteiger partial charge in [-0.25, -0.2) is 0 Å². The van der Waals surface area contributed by atoms with Crippen LogP contribution in [0.1, 0.15) is 18.4 Å². The molecular weight excluding hydrogens is 436 g/mol. The van der Waals surface area contributed by atoms with Gasteiger partial charge in [0.1, 0.15) is 0 Å². The van der Waals surface area contributed by atoms with Crippen LogP contribution in [-0.2, 0) is 19.1 Å². The number of benzene rings is 2. The molecule has 0 aromatic heterocycles. The molecule has 0 aliphatic carbocycles. The van der Waals surface area contributed by atoms with E-state index in [2.05, 4.69) is 26.6 Å². The van der Waals surface area contributed by atoms with Crippen molar-refractivity contribution in [2.24, 2.45) is 0 Å². The van der Waals surface area contributed by atoms with Crippen molar-refractivity contribution in [3.63, 3.8) is 0 Å². The molecule has 0 unspecified atom stereocenters. The highest BCUT2D eigenvalue weighted by atomic mass is 79.9. The third kappa shape index (κ3) is 7.40. The number of esters is 1. The quantitative estimate of drug-likeness (QED) is 0.612. The van der Waals surface area contributed by atoms with Crippen LogP contribution >= 0.6 is 27.5 Å². The molecule has 0 bridgehead atoms. The fourth-order valence-electron chi connectivity index (χ4n) is 2.11. The summed E-state index contributed by atoms with van der Waals surface area (Å²) in [6, 6.07) is 12.0. The lowest BCUT2D eigenvalue weighted by molar-refractivity contribution is -0.147. The highest BCUT2D eigenvalue weighted by Crippen LogP contribution is 2.20. The molecule has 0 fully saturated rings. The van der Waals surface area contributed by atoms with Gasteiger partial charge in [-0.15, -0.1) is 0 Å². The van der Waals surface area contributed by atoms with Crippen LogP contribution in [0.25, 0.3) is 0 Å². The summed E-state index contributed by atoms with van der Waals surface area (Å²) >= 11 is 9.15. The number of aryl methyl sites for hydroxylation is 1. The predicted molar refractivity (Wildman–Crippen MR) is 108 cm³/mol. The summed E-state index contributed by atoms with van der Waals surface area (Å²) in [6.45, 7) is 1.49. The first-order valence-corrected chi connectivity index (χ1v) is 9.27. The molecule has 2 rings (SSSR count). The normalized spacial score (nSPS) is 10.2. The zero-order valence-corrected chi connectivity index (χ0v) is 16.9. The van der Waals surface area contributed by atoms with Crippen LogP contribution in [-0.4, -0.2) is 24.4 Å². The molecule has 2 aromatic carbocycles. The fourth-order valence-corrected chi connectivity index (χ4v) is 2.48. The minimum absolute atomic E-state index is 0.0466. The Labute approximate surface area is 170 Å². The van der Waals surface area contributed by atoms with E-state index in [1.165, 1.54) is 0 Å². The summed E-state index contributed by atoms with van der Waals surface area (Å²) in [4.78, 5) is 35.3. The Morgan fingerprint density at radius 1 is 0.963 bits per heavy atom. The van der Waals surface area contributed by atoms with Crippen LogP contribution in [0.4, 0.5) is 11.4 Å². The number of hydrogen-bond donors (Lipinski definition) is 2. The molecule has 142 valence electrons. The van der Waals surface area contributed by atoms with E-state index in [9.17, 15) is 14.4 Å². The molecule has 2 amide bonds. The number of nitrogens with one attached hydrogen (secondary N) is 2. The number of hydrogen-bond acceptors (Lipinski definition) is 4. The number of carbonyl (C=O) groups is 3. The summed E-state index contributed by atoms with van der Waals surface area (Å²) in [7, 11) is 0. The predicted octanol–water partition coefficient (Wildman–Crippen LogP) is 4.31. The van der Waals surface area contributed by atoms with E-state index in [-0.39, 0.29) is 18.7 Å². The van der Waals surface area contributed by atoms with E-state index >= 15 is 0 Å². The second kappa shape index (κ2) is 10.1. The van der Waals surface area contributed by atoms with E-state index in [4.69, 9.17) is 16.3 Å². The Balaban J connectivity index is 1.69. The van der Waals surface area contributed by atoms with Gasteiger partial charge in [0.15, 0.2) is 6.61 Å². The second-order valence-electron chi connectivity index (χ2n) is 5.73. The topological polar surface area (TPSA) is 84.5 Å². The lowest BCUT2D eigenvalue weighted by atomic mass is 10.2. The maximum atomic E-state index is 11.8. The second-order valence-corrected chi connectivity index (χ2v) is 7.02. The summed E-state index contributed by atoms with van der Waals surface area (Å²) in [6.07, 6.45) is -0.168. The van der Waals surface area contributed by atoms with Crippen molar-refractivity contribution in [2.45, 2.75) is 19.8 Å². The number of carbonyl (C=O) groups excluding carboxylic acids is 3. The van der Waals surface area contributed by atoms with Crippen LogP contribution in [0.2, 0.25) is 5.02 Å². The van der Waals surface area contributed by atoms with Gasteiger partial charge < -0.3 is 15.4 Å².